The molecule has 0 saturated carbocycles. The van der Waals surface area contributed by atoms with E-state index in [0.29, 0.717) is 6.54 Å². The van der Waals surface area contributed by atoms with Crippen LogP contribution in [0.25, 0.3) is 0 Å². The van der Waals surface area contributed by atoms with Gasteiger partial charge in [-0.1, -0.05) is 74.5 Å². The number of imide groups is 1. The molecule has 0 bridgehead atoms. The van der Waals surface area contributed by atoms with Crippen LogP contribution in [0.15, 0.2) is 60.7 Å². The Labute approximate surface area is 155 Å². The van der Waals surface area contributed by atoms with Crippen molar-refractivity contribution in [1.82, 2.24) is 16.0 Å². The quantitative estimate of drug-likeness (QED) is 0.713. The Morgan fingerprint density at radius 3 is 1.92 bits per heavy atom. The van der Waals surface area contributed by atoms with Gasteiger partial charge in [0.25, 0.3) is 0 Å². The third-order valence-corrected chi connectivity index (χ3v) is 4.14. The van der Waals surface area contributed by atoms with Crippen LogP contribution in [-0.4, -0.2) is 18.5 Å². The molecule has 0 unspecified atom stereocenters. The second-order valence-electron chi connectivity index (χ2n) is 6.49. The van der Waals surface area contributed by atoms with E-state index in [1.165, 1.54) is 0 Å². The highest BCUT2D eigenvalue weighted by Gasteiger charge is 2.27. The van der Waals surface area contributed by atoms with Crippen LogP contribution >= 0.6 is 0 Å². The molecule has 0 aliphatic carbocycles. The Morgan fingerprint density at radius 1 is 0.885 bits per heavy atom. The highest BCUT2D eigenvalue weighted by Crippen LogP contribution is 2.26. The number of urea groups is 1. The molecular weight excluding hydrogens is 326 g/mol. The van der Waals surface area contributed by atoms with Crippen LogP contribution in [-0.2, 0) is 4.79 Å². The van der Waals surface area contributed by atoms with Crippen LogP contribution in [0.5, 0.6) is 0 Å². The lowest BCUT2D eigenvalue weighted by molar-refractivity contribution is -0.122. The zero-order chi connectivity index (χ0) is 18.9. The van der Waals surface area contributed by atoms with Crippen LogP contribution in [0.1, 0.15) is 44.0 Å². The average molecular weight is 353 g/mol. The van der Waals surface area contributed by atoms with E-state index in [1.807, 2.05) is 60.7 Å². The zero-order valence-electron chi connectivity index (χ0n) is 15.5. The Kier molecular flexibility index (Phi) is 7.36. The summed E-state index contributed by atoms with van der Waals surface area (Å²) in [7, 11) is 0. The van der Waals surface area contributed by atoms with E-state index < -0.39 is 12.1 Å². The van der Waals surface area contributed by atoms with Gasteiger partial charge in [-0.15, -0.1) is 0 Å². The van der Waals surface area contributed by atoms with Crippen LogP contribution in [0, 0.1) is 5.92 Å². The van der Waals surface area contributed by atoms with Crippen LogP contribution in [0.2, 0.25) is 0 Å². The van der Waals surface area contributed by atoms with E-state index in [-0.39, 0.29) is 17.9 Å². The first-order valence-electron chi connectivity index (χ1n) is 8.97. The second-order valence-corrected chi connectivity index (χ2v) is 6.49. The third kappa shape index (κ3) is 5.43. The molecule has 3 amide bonds. The number of hydrogen-bond donors (Lipinski definition) is 3. The van der Waals surface area contributed by atoms with Gasteiger partial charge >= 0.3 is 6.03 Å². The standard InChI is InChI=1S/C21H27N3O2/c1-4-22-21(26)24-20(25)19(17-13-9-6-10-14-17)23-18(15(2)3)16-11-7-5-8-12-16/h5-15,18-19,23H,4H2,1-3H3,(H2,22,24,25,26)/t18-,19-/m0/s1. The van der Waals surface area contributed by atoms with Crippen LogP contribution in [0.4, 0.5) is 4.79 Å². The highest BCUT2D eigenvalue weighted by molar-refractivity contribution is 5.97. The first-order valence-corrected chi connectivity index (χ1v) is 8.97. The fourth-order valence-corrected chi connectivity index (χ4v) is 2.87. The lowest BCUT2D eigenvalue weighted by atomic mass is 9.94. The van der Waals surface area contributed by atoms with E-state index in [4.69, 9.17) is 0 Å². The largest absolute Gasteiger partial charge is 0.338 e. The van der Waals surface area contributed by atoms with Gasteiger partial charge in [-0.3, -0.25) is 15.4 Å². The monoisotopic (exact) mass is 353 g/mol. The molecular formula is C21H27N3O2. The highest BCUT2D eigenvalue weighted by atomic mass is 16.2. The minimum Gasteiger partial charge on any atom is -0.338 e. The van der Waals surface area contributed by atoms with Gasteiger partial charge in [0, 0.05) is 12.6 Å². The predicted octanol–water partition coefficient (Wildman–Crippen LogP) is 3.56. The first-order chi connectivity index (χ1) is 12.5. The smallest absolute Gasteiger partial charge is 0.321 e. The number of nitrogens with one attached hydrogen (secondary N) is 3. The van der Waals surface area contributed by atoms with Gasteiger partial charge in [-0.05, 0) is 24.0 Å². The van der Waals surface area contributed by atoms with Gasteiger partial charge in [-0.2, -0.15) is 0 Å². The number of benzene rings is 2. The molecule has 5 nitrogen and oxygen atoms in total. The topological polar surface area (TPSA) is 70.2 Å². The van der Waals surface area contributed by atoms with Crippen molar-refractivity contribution in [2.75, 3.05) is 6.54 Å². The van der Waals surface area contributed by atoms with Gasteiger partial charge in [0.2, 0.25) is 5.91 Å². The Balaban J connectivity index is 2.28. The number of rotatable bonds is 7. The van der Waals surface area contributed by atoms with Crippen molar-refractivity contribution in [3.05, 3.63) is 71.8 Å². The molecule has 2 rings (SSSR count). The average Bonchev–Trinajstić information content (AvgIpc) is 2.63. The molecule has 2 atom stereocenters. The number of hydrogen-bond acceptors (Lipinski definition) is 3. The SMILES string of the molecule is CCNC(=O)NC(=O)[C@@H](N[C@H](c1ccccc1)C(C)C)c1ccccc1. The van der Waals surface area contributed by atoms with Crippen molar-refractivity contribution in [2.24, 2.45) is 5.92 Å². The van der Waals surface area contributed by atoms with E-state index in [1.54, 1.807) is 6.92 Å². The van der Waals surface area contributed by atoms with E-state index in [2.05, 4.69) is 29.8 Å². The summed E-state index contributed by atoms with van der Waals surface area (Å²) in [5.41, 5.74) is 1.92. The molecule has 0 radical (unpaired) electrons. The summed E-state index contributed by atoms with van der Waals surface area (Å²) < 4.78 is 0. The van der Waals surface area contributed by atoms with Gasteiger partial charge < -0.3 is 5.32 Å². The molecule has 2 aromatic carbocycles. The van der Waals surface area contributed by atoms with E-state index >= 15 is 0 Å². The van der Waals surface area contributed by atoms with E-state index in [9.17, 15) is 9.59 Å². The maximum atomic E-state index is 12.8. The normalized spacial score (nSPS) is 13.1. The summed E-state index contributed by atoms with van der Waals surface area (Å²) in [5.74, 6) is -0.107. The number of amides is 3. The fraction of sp³-hybridized carbons (Fsp3) is 0.333. The van der Waals surface area contributed by atoms with Gasteiger partial charge in [0.1, 0.15) is 6.04 Å². The molecule has 26 heavy (non-hydrogen) atoms. The maximum absolute atomic E-state index is 12.8. The van der Waals surface area contributed by atoms with Gasteiger partial charge in [-0.25, -0.2) is 4.79 Å². The molecule has 0 aliphatic heterocycles. The number of carbonyl (C=O) groups excluding carboxylic acids is 2. The van der Waals surface area contributed by atoms with Crippen molar-refractivity contribution in [1.29, 1.82) is 0 Å². The molecule has 5 heteroatoms. The summed E-state index contributed by atoms with van der Waals surface area (Å²) in [6.07, 6.45) is 0. The summed E-state index contributed by atoms with van der Waals surface area (Å²) in [6, 6.07) is 18.3. The van der Waals surface area contributed by atoms with Crippen molar-refractivity contribution >= 4 is 11.9 Å². The summed E-state index contributed by atoms with van der Waals surface area (Å²) in [4.78, 5) is 24.6. The molecule has 0 aromatic heterocycles. The molecule has 0 fully saturated rings. The van der Waals surface area contributed by atoms with Crippen molar-refractivity contribution in [3.8, 4) is 0 Å². The molecule has 138 valence electrons. The van der Waals surface area contributed by atoms with Crippen LogP contribution < -0.4 is 16.0 Å². The summed E-state index contributed by atoms with van der Waals surface area (Å²) in [6.45, 7) is 6.48. The molecule has 2 aromatic rings. The Morgan fingerprint density at radius 2 is 1.42 bits per heavy atom. The second kappa shape index (κ2) is 9.73. The molecule has 0 spiro atoms. The first kappa shape index (κ1) is 19.7. The summed E-state index contributed by atoms with van der Waals surface area (Å²) in [5, 5.41) is 8.46. The van der Waals surface area contributed by atoms with Crippen molar-refractivity contribution < 1.29 is 9.59 Å². The van der Waals surface area contributed by atoms with Crippen molar-refractivity contribution in [2.45, 2.75) is 32.9 Å². The van der Waals surface area contributed by atoms with Gasteiger partial charge in [0.05, 0.1) is 0 Å². The predicted molar refractivity (Wildman–Crippen MR) is 104 cm³/mol. The fourth-order valence-electron chi connectivity index (χ4n) is 2.87. The minimum atomic E-state index is -0.633. The lowest BCUT2D eigenvalue weighted by Gasteiger charge is -2.28. The maximum Gasteiger partial charge on any atom is 0.321 e. The zero-order valence-corrected chi connectivity index (χ0v) is 15.5. The summed E-state index contributed by atoms with van der Waals surface area (Å²) >= 11 is 0. The number of carbonyl (C=O) groups is 2. The van der Waals surface area contributed by atoms with E-state index in [0.717, 1.165) is 11.1 Å². The van der Waals surface area contributed by atoms with Crippen molar-refractivity contribution in [3.63, 3.8) is 0 Å². The molecule has 0 aliphatic rings. The molecule has 3 N–H and O–H groups in total. The molecule has 0 heterocycles. The minimum absolute atomic E-state index is 0.0265. The van der Waals surface area contributed by atoms with Gasteiger partial charge in [0.15, 0.2) is 0 Å². The third-order valence-electron chi connectivity index (χ3n) is 4.14. The lowest BCUT2D eigenvalue weighted by Crippen LogP contribution is -2.46. The van der Waals surface area contributed by atoms with Crippen LogP contribution in [0.3, 0.4) is 0 Å². The Bertz CT molecular complexity index is 702. The molecule has 0 saturated heterocycles. The Hall–Kier alpha value is -2.66.